The number of nitrogens with zero attached hydrogens (tertiary/aromatic N) is 1. The van der Waals surface area contributed by atoms with Crippen LogP contribution in [0.25, 0.3) is 0 Å². The second kappa shape index (κ2) is 8.47. The van der Waals surface area contributed by atoms with Crippen LogP contribution in [-0.2, 0) is 9.53 Å². The number of carbonyl (C=O) groups is 2. The molecule has 1 fully saturated rings. The molecule has 0 spiro atoms. The Kier molecular flexibility index (Phi) is 6.06. The van der Waals surface area contributed by atoms with E-state index >= 15 is 0 Å². The number of furan rings is 1. The lowest BCUT2D eigenvalue weighted by Crippen LogP contribution is -2.41. The van der Waals surface area contributed by atoms with E-state index < -0.39 is 12.0 Å². The molecule has 0 aliphatic carbocycles. The molecule has 8 heteroatoms. The maximum atomic E-state index is 12.4. The quantitative estimate of drug-likeness (QED) is 0.547. The summed E-state index contributed by atoms with van der Waals surface area (Å²) >= 11 is 11.8. The smallest absolute Gasteiger partial charge is 0.328 e. The second-order valence-corrected chi connectivity index (χ2v) is 6.57. The second-order valence-electron chi connectivity index (χ2n) is 5.72. The summed E-state index contributed by atoms with van der Waals surface area (Å²) in [6.45, 7) is 0.694. The van der Waals surface area contributed by atoms with Gasteiger partial charge in [-0.05, 0) is 43.2 Å². The molecule has 2 heterocycles. The molecule has 0 radical (unpaired) electrons. The lowest BCUT2D eigenvalue weighted by atomic mass is 10.2. The Balaban J connectivity index is 1.49. The van der Waals surface area contributed by atoms with E-state index in [2.05, 4.69) is 0 Å². The number of likely N-dealkylation sites (tertiary alicyclic amines) is 1. The molecule has 1 aliphatic rings. The van der Waals surface area contributed by atoms with Gasteiger partial charge in [-0.3, -0.25) is 4.79 Å². The Morgan fingerprint density at radius 1 is 1.23 bits per heavy atom. The zero-order valence-electron chi connectivity index (χ0n) is 13.8. The van der Waals surface area contributed by atoms with Gasteiger partial charge in [0, 0.05) is 11.6 Å². The molecule has 1 aromatic carbocycles. The van der Waals surface area contributed by atoms with Crippen molar-refractivity contribution in [2.75, 3.05) is 19.8 Å². The summed E-state index contributed by atoms with van der Waals surface area (Å²) in [6, 6.07) is 7.48. The summed E-state index contributed by atoms with van der Waals surface area (Å²) in [5.41, 5.74) is 0. The van der Waals surface area contributed by atoms with E-state index in [1.807, 2.05) is 0 Å². The van der Waals surface area contributed by atoms with Gasteiger partial charge >= 0.3 is 5.97 Å². The first kappa shape index (κ1) is 18.6. The zero-order chi connectivity index (χ0) is 18.5. The summed E-state index contributed by atoms with van der Waals surface area (Å²) in [5.74, 6) is -0.0834. The van der Waals surface area contributed by atoms with Crippen LogP contribution < -0.4 is 4.74 Å². The summed E-state index contributed by atoms with van der Waals surface area (Å²) < 4.78 is 15.8. The lowest BCUT2D eigenvalue weighted by Gasteiger charge is -2.22. The highest BCUT2D eigenvalue weighted by atomic mass is 35.5. The van der Waals surface area contributed by atoms with Gasteiger partial charge in [0.25, 0.3) is 5.91 Å². The first-order valence-electron chi connectivity index (χ1n) is 8.15. The summed E-state index contributed by atoms with van der Waals surface area (Å²) in [4.78, 5) is 26.2. The van der Waals surface area contributed by atoms with E-state index in [1.54, 1.807) is 30.3 Å². The molecule has 1 aromatic heterocycles. The van der Waals surface area contributed by atoms with Crippen LogP contribution in [0, 0.1) is 0 Å². The van der Waals surface area contributed by atoms with E-state index in [0.717, 1.165) is 6.42 Å². The van der Waals surface area contributed by atoms with Crippen LogP contribution in [0.2, 0.25) is 10.0 Å². The third kappa shape index (κ3) is 4.31. The number of halogens is 2. The minimum Gasteiger partial charge on any atom is -0.488 e. The number of amides is 1. The van der Waals surface area contributed by atoms with E-state index in [-0.39, 0.29) is 24.9 Å². The van der Waals surface area contributed by atoms with Crippen molar-refractivity contribution in [1.29, 1.82) is 0 Å². The van der Waals surface area contributed by atoms with Crippen LogP contribution in [0.5, 0.6) is 5.75 Å². The third-order valence-corrected chi connectivity index (χ3v) is 4.53. The Hall–Kier alpha value is -2.18. The molecule has 0 N–H and O–H groups in total. The number of ether oxygens (including phenoxy) is 2. The van der Waals surface area contributed by atoms with Crippen molar-refractivity contribution >= 4 is 35.1 Å². The summed E-state index contributed by atoms with van der Waals surface area (Å²) in [6.07, 6.45) is 2.73. The summed E-state index contributed by atoms with van der Waals surface area (Å²) in [5, 5.41) is 0.895. The fourth-order valence-electron chi connectivity index (χ4n) is 2.78. The van der Waals surface area contributed by atoms with Crippen LogP contribution in [0.1, 0.15) is 23.4 Å². The standard InChI is InChI=1S/C18H17Cl2NO5/c19-12-5-6-15(13(20)11-12)25-9-10-26-18(23)14-3-1-7-21(14)17(22)16-4-2-8-24-16/h2,4-6,8,11,14H,1,3,7,9-10H2. The molecule has 3 rings (SSSR count). The van der Waals surface area contributed by atoms with Crippen molar-refractivity contribution < 1.29 is 23.5 Å². The maximum absolute atomic E-state index is 12.4. The molecule has 0 saturated carbocycles. The average molecular weight is 398 g/mol. The monoisotopic (exact) mass is 397 g/mol. The molecule has 1 saturated heterocycles. The molecule has 26 heavy (non-hydrogen) atoms. The number of hydrogen-bond donors (Lipinski definition) is 0. The Morgan fingerprint density at radius 3 is 2.81 bits per heavy atom. The molecule has 2 aromatic rings. The molecule has 1 unspecified atom stereocenters. The predicted molar refractivity (Wildman–Crippen MR) is 95.7 cm³/mol. The lowest BCUT2D eigenvalue weighted by molar-refractivity contribution is -0.148. The van der Waals surface area contributed by atoms with Crippen LogP contribution in [0.3, 0.4) is 0 Å². The van der Waals surface area contributed by atoms with Gasteiger partial charge < -0.3 is 18.8 Å². The zero-order valence-corrected chi connectivity index (χ0v) is 15.3. The number of benzene rings is 1. The molecule has 1 aliphatic heterocycles. The summed E-state index contributed by atoms with van der Waals surface area (Å²) in [7, 11) is 0. The minimum atomic E-state index is -0.605. The predicted octanol–water partition coefficient (Wildman–Crippen LogP) is 3.81. The number of esters is 1. The Labute approximate surface area is 160 Å². The van der Waals surface area contributed by atoms with Gasteiger partial charge in [-0.25, -0.2) is 4.79 Å². The normalized spacial score (nSPS) is 16.5. The topological polar surface area (TPSA) is 69.0 Å². The largest absolute Gasteiger partial charge is 0.488 e. The molecule has 1 amide bonds. The molecule has 138 valence electrons. The fourth-order valence-corrected chi connectivity index (χ4v) is 3.24. The van der Waals surface area contributed by atoms with Crippen molar-refractivity contribution in [2.24, 2.45) is 0 Å². The molecular weight excluding hydrogens is 381 g/mol. The van der Waals surface area contributed by atoms with Gasteiger partial charge in [-0.1, -0.05) is 23.2 Å². The van der Waals surface area contributed by atoms with Gasteiger partial charge in [-0.2, -0.15) is 0 Å². The first-order valence-corrected chi connectivity index (χ1v) is 8.91. The highest BCUT2D eigenvalue weighted by Gasteiger charge is 2.36. The SMILES string of the molecule is O=C(OCCOc1ccc(Cl)cc1Cl)C1CCCN1C(=O)c1ccco1. The van der Waals surface area contributed by atoms with Crippen molar-refractivity contribution in [3.63, 3.8) is 0 Å². The van der Waals surface area contributed by atoms with Gasteiger partial charge in [0.15, 0.2) is 5.76 Å². The Bertz CT molecular complexity index is 778. The fraction of sp³-hybridized carbons (Fsp3) is 0.333. The van der Waals surface area contributed by atoms with Crippen molar-refractivity contribution in [2.45, 2.75) is 18.9 Å². The van der Waals surface area contributed by atoms with E-state index in [4.69, 9.17) is 37.1 Å². The van der Waals surface area contributed by atoms with E-state index in [1.165, 1.54) is 11.2 Å². The number of carbonyl (C=O) groups excluding carboxylic acids is 2. The van der Waals surface area contributed by atoms with Crippen molar-refractivity contribution in [3.8, 4) is 5.75 Å². The number of hydrogen-bond acceptors (Lipinski definition) is 5. The van der Waals surface area contributed by atoms with Gasteiger partial charge in [0.05, 0.1) is 11.3 Å². The highest BCUT2D eigenvalue weighted by molar-refractivity contribution is 6.35. The van der Waals surface area contributed by atoms with Gasteiger partial charge in [0.2, 0.25) is 0 Å². The van der Waals surface area contributed by atoms with Crippen LogP contribution >= 0.6 is 23.2 Å². The maximum Gasteiger partial charge on any atom is 0.328 e. The van der Waals surface area contributed by atoms with Crippen LogP contribution in [0.15, 0.2) is 41.0 Å². The highest BCUT2D eigenvalue weighted by Crippen LogP contribution is 2.27. The number of rotatable bonds is 6. The molecular formula is C18H17Cl2NO5. The third-order valence-electron chi connectivity index (χ3n) is 4.00. The molecule has 6 nitrogen and oxygen atoms in total. The minimum absolute atomic E-state index is 0.0526. The Morgan fingerprint density at radius 2 is 2.08 bits per heavy atom. The van der Waals surface area contributed by atoms with Gasteiger partial charge in [-0.15, -0.1) is 0 Å². The van der Waals surface area contributed by atoms with Crippen molar-refractivity contribution in [1.82, 2.24) is 4.90 Å². The molecule has 0 bridgehead atoms. The van der Waals surface area contributed by atoms with Gasteiger partial charge in [0.1, 0.15) is 25.0 Å². The van der Waals surface area contributed by atoms with Crippen molar-refractivity contribution in [3.05, 3.63) is 52.4 Å². The molecule has 1 atom stereocenters. The van der Waals surface area contributed by atoms with Crippen LogP contribution in [-0.4, -0.2) is 42.6 Å². The first-order chi connectivity index (χ1) is 12.6. The van der Waals surface area contributed by atoms with Crippen LogP contribution in [0.4, 0.5) is 0 Å². The van der Waals surface area contributed by atoms with E-state index in [0.29, 0.717) is 28.8 Å². The van der Waals surface area contributed by atoms with E-state index in [9.17, 15) is 9.59 Å². The average Bonchev–Trinajstić information content (AvgIpc) is 3.31.